The number of phenolic OH excluding ortho intramolecular Hbond substituents is 1. The Labute approximate surface area is 139 Å². The Morgan fingerprint density at radius 1 is 1.17 bits per heavy atom. The first-order valence-electron chi connectivity index (χ1n) is 7.46. The molecule has 0 amide bonds. The van der Waals surface area contributed by atoms with Crippen LogP contribution in [0.1, 0.15) is 19.4 Å². The first-order valence-corrected chi connectivity index (χ1v) is 7.46. The van der Waals surface area contributed by atoms with E-state index in [1.165, 1.54) is 24.4 Å². The maximum absolute atomic E-state index is 10.8. The van der Waals surface area contributed by atoms with E-state index in [1.807, 2.05) is 13.8 Å². The third kappa shape index (κ3) is 4.22. The Bertz CT molecular complexity index is 759. The van der Waals surface area contributed by atoms with Gasteiger partial charge in [-0.15, -0.1) is 0 Å². The summed E-state index contributed by atoms with van der Waals surface area (Å²) in [5.74, 6) is 1.10. The van der Waals surface area contributed by atoms with Gasteiger partial charge in [0.15, 0.2) is 0 Å². The molecule has 0 heterocycles. The molecule has 0 fully saturated rings. The van der Waals surface area contributed by atoms with Crippen LogP contribution in [-0.4, -0.2) is 29.5 Å². The molecule has 1 N–H and O–H groups in total. The molecule has 2 aromatic carbocycles. The summed E-state index contributed by atoms with van der Waals surface area (Å²) in [4.78, 5) is 14.6. The van der Waals surface area contributed by atoms with Crippen molar-refractivity contribution in [2.75, 3.05) is 13.2 Å². The molecule has 0 aliphatic heterocycles. The number of ether oxygens (including phenoxy) is 2. The molecule has 0 unspecified atom stereocenters. The molecule has 126 valence electrons. The average Bonchev–Trinajstić information content (AvgIpc) is 2.56. The van der Waals surface area contributed by atoms with Crippen LogP contribution in [-0.2, 0) is 0 Å². The Morgan fingerprint density at radius 2 is 1.92 bits per heavy atom. The van der Waals surface area contributed by atoms with Crippen LogP contribution in [0.3, 0.4) is 0 Å². The normalized spacial score (nSPS) is 10.8. The Morgan fingerprint density at radius 3 is 2.58 bits per heavy atom. The molecule has 0 bridgehead atoms. The molecule has 0 saturated carbocycles. The zero-order valence-electron chi connectivity index (χ0n) is 13.4. The molecule has 7 nitrogen and oxygen atoms in total. The standard InChI is InChI=1S/C17H18N2O5/c1-3-23-14-6-8-17(24-4-2)15(10-14)18-11-12-9-13(19(21)22)5-7-16(12)20/h5-11,20H,3-4H2,1-2H3. The smallest absolute Gasteiger partial charge is 0.270 e. The highest BCUT2D eigenvalue weighted by Gasteiger charge is 2.10. The maximum atomic E-state index is 10.8. The zero-order chi connectivity index (χ0) is 17.5. The molecule has 0 atom stereocenters. The van der Waals surface area contributed by atoms with Crippen LogP contribution < -0.4 is 9.47 Å². The first-order chi connectivity index (χ1) is 11.5. The summed E-state index contributed by atoms with van der Waals surface area (Å²) in [6.07, 6.45) is 1.36. The minimum absolute atomic E-state index is 0.0942. The molecule has 0 radical (unpaired) electrons. The lowest BCUT2D eigenvalue weighted by atomic mass is 10.2. The van der Waals surface area contributed by atoms with Crippen molar-refractivity contribution in [1.29, 1.82) is 0 Å². The summed E-state index contributed by atoms with van der Waals surface area (Å²) >= 11 is 0. The van der Waals surface area contributed by atoms with Crippen molar-refractivity contribution in [3.63, 3.8) is 0 Å². The highest BCUT2D eigenvalue weighted by Crippen LogP contribution is 2.32. The van der Waals surface area contributed by atoms with Gasteiger partial charge in [0.2, 0.25) is 0 Å². The van der Waals surface area contributed by atoms with Gasteiger partial charge in [-0.2, -0.15) is 0 Å². The molecule has 0 aromatic heterocycles. The minimum atomic E-state index is -0.530. The first kappa shape index (κ1) is 17.3. The quantitative estimate of drug-likeness (QED) is 0.473. The molecule has 0 saturated heterocycles. The number of nitro groups is 1. The van der Waals surface area contributed by atoms with Gasteiger partial charge in [0, 0.05) is 30.0 Å². The van der Waals surface area contributed by atoms with E-state index in [0.29, 0.717) is 30.4 Å². The zero-order valence-corrected chi connectivity index (χ0v) is 13.4. The number of nitro benzene ring substituents is 1. The molecule has 0 aliphatic rings. The lowest BCUT2D eigenvalue weighted by Crippen LogP contribution is -1.95. The van der Waals surface area contributed by atoms with Crippen molar-refractivity contribution in [2.45, 2.75) is 13.8 Å². The van der Waals surface area contributed by atoms with E-state index in [9.17, 15) is 15.2 Å². The van der Waals surface area contributed by atoms with Gasteiger partial charge in [-0.25, -0.2) is 0 Å². The Hall–Kier alpha value is -3.09. The number of rotatable bonds is 7. The van der Waals surface area contributed by atoms with E-state index in [2.05, 4.69) is 4.99 Å². The van der Waals surface area contributed by atoms with E-state index < -0.39 is 4.92 Å². The van der Waals surface area contributed by atoms with Crippen LogP contribution in [0.15, 0.2) is 41.4 Å². The molecule has 7 heteroatoms. The molecule has 24 heavy (non-hydrogen) atoms. The minimum Gasteiger partial charge on any atom is -0.507 e. The van der Waals surface area contributed by atoms with Crippen molar-refractivity contribution in [3.05, 3.63) is 52.1 Å². The van der Waals surface area contributed by atoms with Crippen LogP contribution in [0.4, 0.5) is 11.4 Å². The predicted octanol–water partition coefficient (Wildman–Crippen LogP) is 3.85. The van der Waals surface area contributed by atoms with E-state index in [4.69, 9.17) is 9.47 Å². The number of hydrogen-bond acceptors (Lipinski definition) is 6. The topological polar surface area (TPSA) is 94.2 Å². The van der Waals surface area contributed by atoms with E-state index in [-0.39, 0.29) is 17.0 Å². The fourth-order valence-corrected chi connectivity index (χ4v) is 2.03. The van der Waals surface area contributed by atoms with Gasteiger partial charge in [-0.3, -0.25) is 15.1 Å². The number of non-ortho nitro benzene ring substituents is 1. The second-order valence-corrected chi connectivity index (χ2v) is 4.75. The number of phenols is 1. The summed E-state index contributed by atoms with van der Waals surface area (Å²) in [7, 11) is 0. The van der Waals surface area contributed by atoms with E-state index in [1.54, 1.807) is 18.2 Å². The monoisotopic (exact) mass is 330 g/mol. The lowest BCUT2D eigenvalue weighted by molar-refractivity contribution is -0.384. The lowest BCUT2D eigenvalue weighted by Gasteiger charge is -2.09. The van der Waals surface area contributed by atoms with E-state index in [0.717, 1.165) is 0 Å². The summed E-state index contributed by atoms with van der Waals surface area (Å²) in [6.45, 7) is 4.72. The Balaban J connectivity index is 2.38. The number of aromatic hydroxyl groups is 1. The summed E-state index contributed by atoms with van der Waals surface area (Å²) < 4.78 is 10.9. The highest BCUT2D eigenvalue weighted by molar-refractivity contribution is 5.87. The van der Waals surface area contributed by atoms with Crippen molar-refractivity contribution in [3.8, 4) is 17.2 Å². The number of benzene rings is 2. The fraction of sp³-hybridized carbons (Fsp3) is 0.235. The third-order valence-corrected chi connectivity index (χ3v) is 3.11. The van der Waals surface area contributed by atoms with Crippen LogP contribution in [0.25, 0.3) is 0 Å². The summed E-state index contributed by atoms with van der Waals surface area (Å²) in [5.41, 5.74) is 0.629. The van der Waals surface area contributed by atoms with Crippen molar-refractivity contribution >= 4 is 17.6 Å². The number of aliphatic imine (C=N–C) groups is 1. The molecule has 2 aromatic rings. The van der Waals surface area contributed by atoms with Crippen LogP contribution >= 0.6 is 0 Å². The fourth-order valence-electron chi connectivity index (χ4n) is 2.03. The average molecular weight is 330 g/mol. The van der Waals surface area contributed by atoms with Crippen LogP contribution in [0.5, 0.6) is 17.2 Å². The predicted molar refractivity (Wildman–Crippen MR) is 90.8 cm³/mol. The van der Waals surface area contributed by atoms with Crippen molar-refractivity contribution in [2.24, 2.45) is 4.99 Å². The van der Waals surface area contributed by atoms with Gasteiger partial charge in [-0.05, 0) is 32.0 Å². The van der Waals surface area contributed by atoms with Gasteiger partial charge in [0.1, 0.15) is 22.9 Å². The second kappa shape index (κ2) is 7.96. The SMILES string of the molecule is CCOc1ccc(OCC)c(N=Cc2cc([N+](=O)[O-])ccc2O)c1. The molecule has 2 rings (SSSR count). The van der Waals surface area contributed by atoms with Gasteiger partial charge < -0.3 is 14.6 Å². The summed E-state index contributed by atoms with van der Waals surface area (Å²) in [6, 6.07) is 8.98. The van der Waals surface area contributed by atoms with Gasteiger partial charge in [-0.1, -0.05) is 0 Å². The molecular formula is C17H18N2O5. The molecule has 0 spiro atoms. The largest absolute Gasteiger partial charge is 0.507 e. The maximum Gasteiger partial charge on any atom is 0.270 e. The van der Waals surface area contributed by atoms with Gasteiger partial charge >= 0.3 is 0 Å². The summed E-state index contributed by atoms with van der Waals surface area (Å²) in [5, 5.41) is 20.7. The van der Waals surface area contributed by atoms with Crippen LogP contribution in [0, 0.1) is 10.1 Å². The number of nitrogens with zero attached hydrogens (tertiary/aromatic N) is 2. The third-order valence-electron chi connectivity index (χ3n) is 3.11. The number of hydrogen-bond donors (Lipinski definition) is 1. The van der Waals surface area contributed by atoms with Gasteiger partial charge in [0.05, 0.1) is 18.1 Å². The molecular weight excluding hydrogens is 312 g/mol. The Kier molecular flexibility index (Phi) is 5.73. The second-order valence-electron chi connectivity index (χ2n) is 4.75. The van der Waals surface area contributed by atoms with Crippen LogP contribution in [0.2, 0.25) is 0 Å². The van der Waals surface area contributed by atoms with E-state index >= 15 is 0 Å². The highest BCUT2D eigenvalue weighted by atomic mass is 16.6. The van der Waals surface area contributed by atoms with Crippen molar-refractivity contribution < 1.29 is 19.5 Å². The molecule has 0 aliphatic carbocycles. The van der Waals surface area contributed by atoms with Gasteiger partial charge in [0.25, 0.3) is 5.69 Å². The van der Waals surface area contributed by atoms with Crippen molar-refractivity contribution in [1.82, 2.24) is 0 Å².